The highest BCUT2D eigenvalue weighted by molar-refractivity contribution is 7.17. The third-order valence-corrected chi connectivity index (χ3v) is 6.78. The molecule has 1 aliphatic heterocycles. The van der Waals surface area contributed by atoms with Gasteiger partial charge in [-0.15, -0.1) is 5.10 Å². The summed E-state index contributed by atoms with van der Waals surface area (Å²) < 4.78 is 1.54. The van der Waals surface area contributed by atoms with E-state index >= 15 is 0 Å². The number of aromatic hydroxyl groups is 1. The molecule has 2 aromatic heterocycles. The van der Waals surface area contributed by atoms with Crippen LogP contribution in [0, 0.1) is 0 Å². The van der Waals surface area contributed by atoms with E-state index in [1.165, 1.54) is 11.3 Å². The van der Waals surface area contributed by atoms with E-state index in [0.717, 1.165) is 48.9 Å². The second-order valence-corrected chi connectivity index (χ2v) is 8.60. The fourth-order valence-electron chi connectivity index (χ4n) is 3.41. The second kappa shape index (κ2) is 7.56. The van der Waals surface area contributed by atoms with Crippen LogP contribution in [0.2, 0.25) is 10.0 Å². The average molecular weight is 426 g/mol. The summed E-state index contributed by atoms with van der Waals surface area (Å²) in [5.41, 5.74) is 1.00. The molecule has 1 fully saturated rings. The van der Waals surface area contributed by atoms with Crippen LogP contribution in [0.4, 0.5) is 0 Å². The molecule has 0 saturated carbocycles. The molecule has 3 heterocycles. The molecule has 0 unspecified atom stereocenters. The Bertz CT molecular complexity index is 964. The van der Waals surface area contributed by atoms with E-state index in [-0.39, 0.29) is 11.9 Å². The van der Waals surface area contributed by atoms with Gasteiger partial charge < -0.3 is 10.0 Å². The highest BCUT2D eigenvalue weighted by Gasteiger charge is 2.31. The molecule has 9 heteroatoms. The molecule has 1 aliphatic rings. The molecule has 3 aromatic rings. The maximum Gasteiger partial charge on any atom is 0.230 e. The largest absolute Gasteiger partial charge is 0.492 e. The third kappa shape index (κ3) is 3.54. The maximum atomic E-state index is 10.9. The molecule has 1 atom stereocenters. The fraction of sp³-hybridized carbons (Fsp3) is 0.444. The number of nitrogens with zero attached hydrogens (tertiary/aromatic N) is 5. The Morgan fingerprint density at radius 3 is 2.56 bits per heavy atom. The first-order valence-corrected chi connectivity index (χ1v) is 10.5. The van der Waals surface area contributed by atoms with E-state index in [2.05, 4.69) is 26.9 Å². The van der Waals surface area contributed by atoms with Crippen molar-refractivity contribution in [3.8, 4) is 5.88 Å². The molecule has 1 N–H and O–H groups in total. The number of thiazole rings is 1. The van der Waals surface area contributed by atoms with Crippen LogP contribution in [-0.2, 0) is 6.42 Å². The van der Waals surface area contributed by atoms with Crippen LogP contribution in [0.5, 0.6) is 5.88 Å². The average Bonchev–Trinajstić information content (AvgIpc) is 3.19. The number of hydrogen-bond acceptors (Lipinski definition) is 6. The van der Waals surface area contributed by atoms with Crippen LogP contribution < -0.4 is 0 Å². The summed E-state index contributed by atoms with van der Waals surface area (Å²) in [4.78, 5) is 10.7. The van der Waals surface area contributed by atoms with Gasteiger partial charge in [0.05, 0.1) is 21.0 Å². The molecule has 0 radical (unpaired) electrons. The van der Waals surface area contributed by atoms with Gasteiger partial charge in [-0.25, -0.2) is 4.98 Å². The summed E-state index contributed by atoms with van der Waals surface area (Å²) in [6.45, 7) is 5.74. The van der Waals surface area contributed by atoms with Crippen LogP contribution in [0.15, 0.2) is 18.2 Å². The number of piperazine rings is 1. The van der Waals surface area contributed by atoms with Crippen molar-refractivity contribution in [3.63, 3.8) is 0 Å². The van der Waals surface area contributed by atoms with E-state index in [9.17, 15) is 5.11 Å². The van der Waals surface area contributed by atoms with Crippen LogP contribution in [0.3, 0.4) is 0 Å². The number of hydrogen-bond donors (Lipinski definition) is 1. The summed E-state index contributed by atoms with van der Waals surface area (Å²) >= 11 is 13.9. The number of fused-ring (bicyclic) bond motifs is 1. The van der Waals surface area contributed by atoms with Crippen molar-refractivity contribution in [2.24, 2.45) is 0 Å². The summed E-state index contributed by atoms with van der Waals surface area (Å²) in [7, 11) is 2.12. The number of benzene rings is 1. The number of aryl methyl sites for hydroxylation is 1. The van der Waals surface area contributed by atoms with E-state index in [1.807, 2.05) is 25.1 Å². The second-order valence-electron chi connectivity index (χ2n) is 6.78. The molecule has 4 rings (SSSR count). The van der Waals surface area contributed by atoms with Gasteiger partial charge in [0.1, 0.15) is 0 Å². The Labute approximate surface area is 171 Å². The summed E-state index contributed by atoms with van der Waals surface area (Å²) in [6, 6.07) is 5.56. The Kier molecular flexibility index (Phi) is 5.31. The minimum atomic E-state index is -0.118. The highest BCUT2D eigenvalue weighted by Crippen LogP contribution is 2.41. The minimum absolute atomic E-state index is 0.118. The van der Waals surface area contributed by atoms with Crippen molar-refractivity contribution in [2.45, 2.75) is 19.4 Å². The van der Waals surface area contributed by atoms with Gasteiger partial charge >= 0.3 is 0 Å². The lowest BCUT2D eigenvalue weighted by Crippen LogP contribution is -2.46. The minimum Gasteiger partial charge on any atom is -0.492 e. The van der Waals surface area contributed by atoms with Crippen LogP contribution in [-0.4, -0.2) is 62.7 Å². The van der Waals surface area contributed by atoms with Gasteiger partial charge in [0.15, 0.2) is 5.82 Å². The van der Waals surface area contributed by atoms with Gasteiger partial charge in [-0.2, -0.15) is 4.52 Å². The maximum absolute atomic E-state index is 10.9. The van der Waals surface area contributed by atoms with E-state index in [0.29, 0.717) is 15.0 Å². The van der Waals surface area contributed by atoms with Crippen molar-refractivity contribution < 1.29 is 5.11 Å². The smallest absolute Gasteiger partial charge is 0.230 e. The Balaban J connectivity index is 1.80. The van der Waals surface area contributed by atoms with Crippen molar-refractivity contribution in [1.82, 2.24) is 24.4 Å². The monoisotopic (exact) mass is 425 g/mol. The van der Waals surface area contributed by atoms with Crippen LogP contribution in [0.25, 0.3) is 4.96 Å². The summed E-state index contributed by atoms with van der Waals surface area (Å²) in [5.74, 6) is 0.881. The zero-order chi connectivity index (χ0) is 19.1. The molecule has 0 bridgehead atoms. The quantitative estimate of drug-likeness (QED) is 0.690. The van der Waals surface area contributed by atoms with Crippen LogP contribution >= 0.6 is 34.5 Å². The van der Waals surface area contributed by atoms with Crippen molar-refractivity contribution >= 4 is 39.5 Å². The first kappa shape index (κ1) is 19.0. The molecule has 1 saturated heterocycles. The molecular weight excluding hydrogens is 405 g/mol. The van der Waals surface area contributed by atoms with Gasteiger partial charge in [-0.05, 0) is 24.7 Å². The first-order valence-electron chi connectivity index (χ1n) is 8.92. The number of aromatic nitrogens is 3. The Morgan fingerprint density at radius 2 is 1.93 bits per heavy atom. The Morgan fingerprint density at radius 1 is 1.19 bits per heavy atom. The number of likely N-dealkylation sites (N-methyl/N-ethyl adjacent to an activating group) is 1. The molecule has 27 heavy (non-hydrogen) atoms. The first-order chi connectivity index (χ1) is 13.0. The van der Waals surface area contributed by atoms with Crippen molar-refractivity contribution in [3.05, 3.63) is 44.5 Å². The zero-order valence-corrected chi connectivity index (χ0v) is 17.5. The SMILES string of the molecule is CCc1nc2sc([C@H](c3ccc(Cl)c(Cl)c3)N3CCN(C)CC3)c(O)n2n1. The van der Waals surface area contributed by atoms with Gasteiger partial charge in [0, 0.05) is 32.6 Å². The fourth-order valence-corrected chi connectivity index (χ4v) is 4.85. The number of halogens is 2. The number of rotatable bonds is 4. The molecular formula is C18H21Cl2N5OS. The lowest BCUT2D eigenvalue weighted by molar-refractivity contribution is 0.127. The van der Waals surface area contributed by atoms with E-state index in [1.54, 1.807) is 4.52 Å². The molecule has 6 nitrogen and oxygen atoms in total. The lowest BCUT2D eigenvalue weighted by atomic mass is 10.0. The predicted molar refractivity (Wildman–Crippen MR) is 109 cm³/mol. The van der Waals surface area contributed by atoms with Crippen LogP contribution in [0.1, 0.15) is 29.2 Å². The van der Waals surface area contributed by atoms with Crippen molar-refractivity contribution in [2.75, 3.05) is 33.2 Å². The predicted octanol–water partition coefficient (Wildman–Crippen LogP) is 3.70. The van der Waals surface area contributed by atoms with Gasteiger partial charge in [-0.3, -0.25) is 4.90 Å². The molecule has 0 aliphatic carbocycles. The summed E-state index contributed by atoms with van der Waals surface area (Å²) in [5, 5.41) is 16.4. The highest BCUT2D eigenvalue weighted by atomic mass is 35.5. The zero-order valence-electron chi connectivity index (χ0n) is 15.2. The standard InChI is InChI=1S/C18H21Cl2N5OS/c1-3-14-21-18-25(22-14)17(26)16(27-18)15(24-8-6-23(2)7-9-24)11-4-5-12(19)13(20)10-11/h4-5,10,15,26H,3,6-9H2,1-2H3/t15-/m0/s1. The van der Waals surface area contributed by atoms with Gasteiger partial charge in [-0.1, -0.05) is 47.5 Å². The molecule has 0 amide bonds. The molecule has 1 aromatic carbocycles. The topological polar surface area (TPSA) is 56.9 Å². The Hall–Kier alpha value is -1.38. The van der Waals surface area contributed by atoms with Gasteiger partial charge in [0.2, 0.25) is 10.8 Å². The van der Waals surface area contributed by atoms with E-state index in [4.69, 9.17) is 23.2 Å². The normalized spacial score (nSPS) is 17.6. The van der Waals surface area contributed by atoms with E-state index < -0.39 is 0 Å². The van der Waals surface area contributed by atoms with Gasteiger partial charge in [0.25, 0.3) is 0 Å². The molecule has 0 spiro atoms. The molecule has 144 valence electrons. The third-order valence-electron chi connectivity index (χ3n) is 4.97. The summed E-state index contributed by atoms with van der Waals surface area (Å²) in [6.07, 6.45) is 0.734. The van der Waals surface area contributed by atoms with Crippen molar-refractivity contribution in [1.29, 1.82) is 0 Å². The lowest BCUT2D eigenvalue weighted by Gasteiger charge is -2.37.